The van der Waals surface area contributed by atoms with E-state index >= 15 is 0 Å². The van der Waals surface area contributed by atoms with Gasteiger partial charge in [0.1, 0.15) is 5.82 Å². The fraction of sp³-hybridized carbons (Fsp3) is 0.231. The van der Waals surface area contributed by atoms with Gasteiger partial charge in [0.25, 0.3) is 0 Å². The van der Waals surface area contributed by atoms with Crippen molar-refractivity contribution in [1.82, 2.24) is 5.32 Å². The molecule has 2 rings (SSSR count). The van der Waals surface area contributed by atoms with E-state index < -0.39 is 0 Å². The first-order valence-electron chi connectivity index (χ1n) is 5.49. The van der Waals surface area contributed by atoms with E-state index in [4.69, 9.17) is 0 Å². The summed E-state index contributed by atoms with van der Waals surface area (Å²) >= 11 is 8.62. The van der Waals surface area contributed by atoms with E-state index in [2.05, 4.69) is 43.2 Å². The van der Waals surface area contributed by atoms with Crippen LogP contribution in [0.2, 0.25) is 0 Å². The second-order valence-corrected chi connectivity index (χ2v) is 7.30. The third-order valence-electron chi connectivity index (χ3n) is 2.63. The van der Waals surface area contributed by atoms with Crippen LogP contribution in [-0.4, -0.2) is 0 Å². The van der Waals surface area contributed by atoms with E-state index in [9.17, 15) is 4.39 Å². The average Bonchev–Trinajstić information content (AvgIpc) is 2.66. The maximum atomic E-state index is 13.1. The summed E-state index contributed by atoms with van der Waals surface area (Å²) in [5.74, 6) is -0.192. The van der Waals surface area contributed by atoms with E-state index in [1.54, 1.807) is 23.5 Å². The van der Waals surface area contributed by atoms with Gasteiger partial charge in [-0.2, -0.15) is 0 Å². The molecule has 2 aromatic rings. The predicted molar refractivity (Wildman–Crippen MR) is 81.4 cm³/mol. The van der Waals surface area contributed by atoms with Crippen LogP contribution >= 0.6 is 43.2 Å². The molecule has 0 aliphatic rings. The van der Waals surface area contributed by atoms with E-state index in [0.29, 0.717) is 0 Å². The molecule has 0 saturated carbocycles. The maximum Gasteiger partial charge on any atom is 0.123 e. The molecule has 0 radical (unpaired) electrons. The molecule has 0 aliphatic carbocycles. The summed E-state index contributed by atoms with van der Waals surface area (Å²) in [6, 6.07) is 8.91. The van der Waals surface area contributed by atoms with Crippen LogP contribution in [-0.2, 0) is 6.54 Å². The lowest BCUT2D eigenvalue weighted by Crippen LogP contribution is -2.17. The topological polar surface area (TPSA) is 12.0 Å². The van der Waals surface area contributed by atoms with Gasteiger partial charge in [0.2, 0.25) is 0 Å². The first-order chi connectivity index (χ1) is 8.56. The molecule has 0 bridgehead atoms. The molecule has 1 aromatic carbocycles. The fourth-order valence-corrected chi connectivity index (χ4v) is 3.75. The van der Waals surface area contributed by atoms with E-state index in [1.165, 1.54) is 10.9 Å². The first-order valence-corrected chi connectivity index (χ1v) is 7.89. The zero-order valence-corrected chi connectivity index (χ0v) is 13.7. The van der Waals surface area contributed by atoms with Crippen LogP contribution in [0.15, 0.2) is 38.6 Å². The summed E-state index contributed by atoms with van der Waals surface area (Å²) in [6.45, 7) is 2.80. The molecular weight excluding hydrogens is 381 g/mol. The quantitative estimate of drug-likeness (QED) is 0.747. The van der Waals surface area contributed by atoms with Gasteiger partial charge in [0.15, 0.2) is 0 Å². The summed E-state index contributed by atoms with van der Waals surface area (Å²) in [7, 11) is 0. The Morgan fingerprint density at radius 3 is 2.72 bits per heavy atom. The highest BCUT2D eigenvalue weighted by Gasteiger charge is 2.08. The summed E-state index contributed by atoms with van der Waals surface area (Å²) < 4.78 is 15.3. The summed E-state index contributed by atoms with van der Waals surface area (Å²) in [5, 5.41) is 3.39. The largest absolute Gasteiger partial charge is 0.305 e. The van der Waals surface area contributed by atoms with Crippen LogP contribution in [0.1, 0.15) is 23.4 Å². The van der Waals surface area contributed by atoms with E-state index in [0.717, 1.165) is 20.4 Å². The highest BCUT2D eigenvalue weighted by atomic mass is 79.9. The van der Waals surface area contributed by atoms with Crippen molar-refractivity contribution in [3.05, 3.63) is 54.8 Å². The SMILES string of the molecule is C[C@@H](NCc1cc(Br)c(Br)s1)c1cccc(F)c1. The van der Waals surface area contributed by atoms with Gasteiger partial charge >= 0.3 is 0 Å². The molecule has 0 aliphatic heterocycles. The van der Waals surface area contributed by atoms with Crippen LogP contribution in [0.5, 0.6) is 0 Å². The molecule has 0 saturated heterocycles. The van der Waals surface area contributed by atoms with Crippen molar-refractivity contribution >= 4 is 43.2 Å². The highest BCUT2D eigenvalue weighted by Crippen LogP contribution is 2.32. The lowest BCUT2D eigenvalue weighted by atomic mass is 10.1. The molecule has 0 fully saturated rings. The monoisotopic (exact) mass is 391 g/mol. The van der Waals surface area contributed by atoms with Gasteiger partial charge in [0.05, 0.1) is 3.79 Å². The van der Waals surface area contributed by atoms with Crippen molar-refractivity contribution in [2.75, 3.05) is 0 Å². The maximum absolute atomic E-state index is 13.1. The fourth-order valence-electron chi connectivity index (χ4n) is 1.63. The minimum absolute atomic E-state index is 0.125. The molecule has 96 valence electrons. The summed E-state index contributed by atoms with van der Waals surface area (Å²) in [6.07, 6.45) is 0. The third-order valence-corrected chi connectivity index (χ3v) is 5.88. The van der Waals surface area contributed by atoms with Gasteiger partial charge in [-0.1, -0.05) is 12.1 Å². The third kappa shape index (κ3) is 3.63. The number of rotatable bonds is 4. The van der Waals surface area contributed by atoms with Crippen LogP contribution in [0, 0.1) is 5.82 Å². The Hall–Kier alpha value is -0.230. The summed E-state index contributed by atoms with van der Waals surface area (Å²) in [5.41, 5.74) is 0.963. The molecule has 1 atom stereocenters. The molecule has 0 amide bonds. The van der Waals surface area contributed by atoms with Gasteiger partial charge in [-0.15, -0.1) is 11.3 Å². The Bertz CT molecular complexity index is 522. The van der Waals surface area contributed by atoms with E-state index in [-0.39, 0.29) is 11.9 Å². The number of thiophene rings is 1. The normalized spacial score (nSPS) is 12.7. The molecule has 0 unspecified atom stereocenters. The van der Waals surface area contributed by atoms with Gasteiger partial charge in [-0.05, 0) is 62.5 Å². The molecule has 1 nitrogen and oxygen atoms in total. The van der Waals surface area contributed by atoms with Gasteiger partial charge in [-0.25, -0.2) is 4.39 Å². The van der Waals surface area contributed by atoms with Crippen LogP contribution in [0.3, 0.4) is 0 Å². The Morgan fingerprint density at radius 2 is 2.11 bits per heavy atom. The molecule has 1 N–H and O–H groups in total. The Labute approximate surface area is 127 Å². The Morgan fingerprint density at radius 1 is 1.33 bits per heavy atom. The van der Waals surface area contributed by atoms with Crippen molar-refractivity contribution < 1.29 is 4.39 Å². The lowest BCUT2D eigenvalue weighted by Gasteiger charge is -2.13. The summed E-state index contributed by atoms with van der Waals surface area (Å²) in [4.78, 5) is 1.23. The molecular formula is C13H12Br2FNS. The van der Waals surface area contributed by atoms with Crippen molar-refractivity contribution in [2.24, 2.45) is 0 Å². The van der Waals surface area contributed by atoms with Crippen molar-refractivity contribution in [2.45, 2.75) is 19.5 Å². The van der Waals surface area contributed by atoms with Crippen molar-refractivity contribution in [1.29, 1.82) is 0 Å². The second kappa shape index (κ2) is 6.28. The number of nitrogens with one attached hydrogen (secondary N) is 1. The predicted octanol–water partition coefficient (Wildman–Crippen LogP) is 5.26. The number of halogens is 3. The first kappa shape index (κ1) is 14.2. The molecule has 18 heavy (non-hydrogen) atoms. The zero-order valence-electron chi connectivity index (χ0n) is 9.71. The van der Waals surface area contributed by atoms with Crippen LogP contribution in [0.4, 0.5) is 4.39 Å². The highest BCUT2D eigenvalue weighted by molar-refractivity contribution is 9.13. The van der Waals surface area contributed by atoms with Crippen LogP contribution in [0.25, 0.3) is 0 Å². The number of hydrogen-bond donors (Lipinski definition) is 1. The van der Waals surface area contributed by atoms with Crippen LogP contribution < -0.4 is 5.32 Å². The zero-order chi connectivity index (χ0) is 13.1. The smallest absolute Gasteiger partial charge is 0.123 e. The average molecular weight is 393 g/mol. The molecule has 1 aromatic heterocycles. The Balaban J connectivity index is 1.98. The Kier molecular flexibility index (Phi) is 4.95. The van der Waals surface area contributed by atoms with Crippen molar-refractivity contribution in [3.63, 3.8) is 0 Å². The van der Waals surface area contributed by atoms with Gasteiger partial charge in [-0.3, -0.25) is 0 Å². The number of benzene rings is 1. The number of hydrogen-bond acceptors (Lipinski definition) is 2. The minimum Gasteiger partial charge on any atom is -0.305 e. The second-order valence-electron chi connectivity index (χ2n) is 3.99. The van der Waals surface area contributed by atoms with Gasteiger partial charge < -0.3 is 5.32 Å². The lowest BCUT2D eigenvalue weighted by molar-refractivity contribution is 0.568. The van der Waals surface area contributed by atoms with Gasteiger partial charge in [0, 0.05) is 21.9 Å². The molecule has 0 spiro atoms. The van der Waals surface area contributed by atoms with Crippen molar-refractivity contribution in [3.8, 4) is 0 Å². The standard InChI is InChI=1S/C13H12Br2FNS/c1-8(9-3-2-4-10(16)5-9)17-7-11-6-12(14)13(15)18-11/h2-6,8,17H,7H2,1H3/t8-/m1/s1. The molecule has 5 heteroatoms. The molecule has 1 heterocycles. The minimum atomic E-state index is -0.192. The van der Waals surface area contributed by atoms with E-state index in [1.807, 2.05) is 13.0 Å².